The largest absolute Gasteiger partial charge is 0.396 e. The van der Waals surface area contributed by atoms with E-state index >= 15 is 0 Å². The molecule has 0 radical (unpaired) electrons. The topological polar surface area (TPSA) is 20.2 Å². The minimum absolute atomic E-state index is 0.280. The Morgan fingerprint density at radius 1 is 1.53 bits per heavy atom. The van der Waals surface area contributed by atoms with Gasteiger partial charge in [-0.25, -0.2) is 0 Å². The molecule has 0 unspecified atom stereocenters. The van der Waals surface area contributed by atoms with E-state index in [9.17, 15) is 5.11 Å². The molecule has 0 bridgehead atoms. The van der Waals surface area contributed by atoms with Gasteiger partial charge in [0.25, 0.3) is 0 Å². The molecule has 0 heterocycles. The lowest BCUT2D eigenvalue weighted by Crippen LogP contribution is -2.35. The van der Waals surface area contributed by atoms with Crippen LogP contribution >= 0.6 is 0 Å². The number of allylic oxidation sites excluding steroid dienone is 3. The lowest BCUT2D eigenvalue weighted by molar-refractivity contribution is 0.163. The van der Waals surface area contributed by atoms with Gasteiger partial charge in [-0.15, -0.1) is 6.58 Å². The van der Waals surface area contributed by atoms with Gasteiger partial charge in [-0.2, -0.15) is 0 Å². The van der Waals surface area contributed by atoms with Crippen LogP contribution in [0.1, 0.15) is 33.1 Å². The van der Waals surface area contributed by atoms with Crippen LogP contribution in [-0.4, -0.2) is 19.8 Å². The molecule has 0 amide bonds. The summed E-state index contributed by atoms with van der Waals surface area (Å²) in [6, 6.07) is 1.28. The zero-order valence-electron chi connectivity index (χ0n) is 13.5. The highest BCUT2D eigenvalue weighted by Gasteiger charge is 2.38. The molecule has 0 aromatic carbocycles. The standard InChI is InChI=1S/C17H32OSi/c1-7-15-8-10-17(3,14(2)9-11-18)16(12-15)13-19(4,5)6/h7,12,14-15,18H,1,8-11,13H2,2-6H3/t14-,15+,17+/m1/s1. The maximum atomic E-state index is 9.27. The van der Waals surface area contributed by atoms with Gasteiger partial charge in [-0.3, -0.25) is 0 Å². The Balaban J connectivity index is 3.04. The lowest BCUT2D eigenvalue weighted by Gasteiger charge is -2.44. The molecule has 110 valence electrons. The van der Waals surface area contributed by atoms with Crippen molar-refractivity contribution in [3.8, 4) is 0 Å². The van der Waals surface area contributed by atoms with Crippen LogP contribution in [0, 0.1) is 17.3 Å². The highest BCUT2D eigenvalue weighted by molar-refractivity contribution is 6.76. The quantitative estimate of drug-likeness (QED) is 0.543. The summed E-state index contributed by atoms with van der Waals surface area (Å²) in [4.78, 5) is 0. The molecular weight excluding hydrogens is 248 g/mol. The van der Waals surface area contributed by atoms with Crippen LogP contribution in [0.2, 0.25) is 25.7 Å². The van der Waals surface area contributed by atoms with Crippen LogP contribution in [-0.2, 0) is 0 Å². The van der Waals surface area contributed by atoms with Gasteiger partial charge < -0.3 is 5.11 Å². The molecule has 0 aliphatic heterocycles. The molecule has 1 N–H and O–H groups in total. The minimum atomic E-state index is -1.11. The molecule has 1 rings (SSSR count). The van der Waals surface area contributed by atoms with E-state index in [1.54, 1.807) is 5.57 Å². The maximum Gasteiger partial charge on any atom is 0.0483 e. The van der Waals surface area contributed by atoms with E-state index in [1.807, 2.05) is 0 Å². The zero-order chi connectivity index (χ0) is 14.7. The highest BCUT2D eigenvalue weighted by atomic mass is 28.3. The zero-order valence-corrected chi connectivity index (χ0v) is 14.5. The van der Waals surface area contributed by atoms with Crippen molar-refractivity contribution in [3.63, 3.8) is 0 Å². The van der Waals surface area contributed by atoms with Crippen molar-refractivity contribution in [3.05, 3.63) is 24.3 Å². The normalized spacial score (nSPS) is 29.8. The number of hydrogen-bond donors (Lipinski definition) is 1. The van der Waals surface area contributed by atoms with Crippen LogP contribution in [0.5, 0.6) is 0 Å². The summed E-state index contributed by atoms with van der Waals surface area (Å²) in [5.74, 6) is 1.12. The van der Waals surface area contributed by atoms with Gasteiger partial charge in [-0.1, -0.05) is 51.2 Å². The van der Waals surface area contributed by atoms with Crippen LogP contribution < -0.4 is 0 Å². The van der Waals surface area contributed by atoms with E-state index in [2.05, 4.69) is 52.2 Å². The Kier molecular flexibility index (Phi) is 5.63. The van der Waals surface area contributed by atoms with Gasteiger partial charge in [0.1, 0.15) is 0 Å². The molecule has 1 aliphatic carbocycles. The summed E-state index contributed by atoms with van der Waals surface area (Å²) < 4.78 is 0. The fraction of sp³-hybridized carbons (Fsp3) is 0.765. The number of aliphatic hydroxyl groups excluding tert-OH is 1. The molecule has 0 saturated heterocycles. The molecule has 3 atom stereocenters. The molecule has 0 saturated carbocycles. The van der Waals surface area contributed by atoms with Gasteiger partial charge in [-0.05, 0) is 42.6 Å². The summed E-state index contributed by atoms with van der Waals surface area (Å²) in [6.45, 7) is 16.3. The first kappa shape index (κ1) is 16.7. The average molecular weight is 281 g/mol. The van der Waals surface area contributed by atoms with E-state index in [4.69, 9.17) is 0 Å². The van der Waals surface area contributed by atoms with Crippen molar-refractivity contribution in [1.29, 1.82) is 0 Å². The fourth-order valence-corrected chi connectivity index (χ4v) is 4.92. The maximum absolute atomic E-state index is 9.27. The number of rotatable bonds is 6. The molecule has 0 aromatic rings. The summed E-state index contributed by atoms with van der Waals surface area (Å²) >= 11 is 0. The first-order valence-electron chi connectivity index (χ1n) is 7.67. The molecule has 1 aliphatic rings. The van der Waals surface area contributed by atoms with Gasteiger partial charge in [0.2, 0.25) is 0 Å². The number of aliphatic hydroxyl groups is 1. The van der Waals surface area contributed by atoms with Gasteiger partial charge in [0, 0.05) is 14.7 Å². The highest BCUT2D eigenvalue weighted by Crippen LogP contribution is 2.49. The summed E-state index contributed by atoms with van der Waals surface area (Å²) in [5.41, 5.74) is 1.92. The second-order valence-corrected chi connectivity index (χ2v) is 13.2. The second-order valence-electron chi connectivity index (χ2n) is 7.70. The van der Waals surface area contributed by atoms with E-state index in [-0.39, 0.29) is 5.41 Å². The Labute approximate surface area is 120 Å². The molecule has 0 fully saturated rings. The number of hydrogen-bond acceptors (Lipinski definition) is 1. The molecule has 1 nitrogen and oxygen atoms in total. The summed E-state index contributed by atoms with van der Waals surface area (Å²) in [5, 5.41) is 9.27. The third-order valence-corrected chi connectivity index (χ3v) is 6.26. The first-order chi connectivity index (χ1) is 8.73. The van der Waals surface area contributed by atoms with E-state index in [0.717, 1.165) is 6.42 Å². The smallest absolute Gasteiger partial charge is 0.0483 e. The average Bonchev–Trinajstić information content (AvgIpc) is 2.30. The third kappa shape index (κ3) is 4.32. The van der Waals surface area contributed by atoms with Crippen molar-refractivity contribution < 1.29 is 5.11 Å². The summed E-state index contributed by atoms with van der Waals surface area (Å²) in [6.07, 6.45) is 7.95. The van der Waals surface area contributed by atoms with E-state index < -0.39 is 8.07 Å². The monoisotopic (exact) mass is 280 g/mol. The van der Waals surface area contributed by atoms with Crippen molar-refractivity contribution in [1.82, 2.24) is 0 Å². The van der Waals surface area contributed by atoms with Crippen molar-refractivity contribution in [2.75, 3.05) is 6.61 Å². The molecule has 19 heavy (non-hydrogen) atoms. The van der Waals surface area contributed by atoms with E-state index in [1.165, 1.54) is 18.9 Å². The van der Waals surface area contributed by atoms with Gasteiger partial charge >= 0.3 is 0 Å². The Morgan fingerprint density at radius 3 is 2.63 bits per heavy atom. The SMILES string of the molecule is C=C[C@@H]1C=C(C[Si](C)(C)C)[C@](C)([C@H](C)CCO)CC1. The molecule has 0 spiro atoms. The van der Waals surface area contributed by atoms with E-state index in [0.29, 0.717) is 18.4 Å². The Morgan fingerprint density at radius 2 is 2.16 bits per heavy atom. The second kappa shape index (κ2) is 6.40. The molecular formula is C17H32OSi. The van der Waals surface area contributed by atoms with Crippen LogP contribution in [0.25, 0.3) is 0 Å². The van der Waals surface area contributed by atoms with Gasteiger partial charge in [0.05, 0.1) is 0 Å². The Bertz CT molecular complexity index is 340. The molecule has 0 aromatic heterocycles. The predicted molar refractivity (Wildman–Crippen MR) is 88.1 cm³/mol. The minimum Gasteiger partial charge on any atom is -0.396 e. The Hall–Kier alpha value is -0.343. The summed E-state index contributed by atoms with van der Waals surface area (Å²) in [7, 11) is -1.11. The van der Waals surface area contributed by atoms with Gasteiger partial charge in [0.15, 0.2) is 0 Å². The third-order valence-electron chi connectivity index (χ3n) is 4.82. The predicted octanol–water partition coefficient (Wildman–Crippen LogP) is 4.87. The van der Waals surface area contributed by atoms with Crippen molar-refractivity contribution in [2.45, 2.75) is 58.8 Å². The fourth-order valence-electron chi connectivity index (χ4n) is 3.25. The van der Waals surface area contributed by atoms with Crippen molar-refractivity contribution in [2.24, 2.45) is 17.3 Å². The van der Waals surface area contributed by atoms with Crippen LogP contribution in [0.4, 0.5) is 0 Å². The van der Waals surface area contributed by atoms with Crippen molar-refractivity contribution >= 4 is 8.07 Å². The first-order valence-corrected chi connectivity index (χ1v) is 11.4. The lowest BCUT2D eigenvalue weighted by atomic mass is 9.64. The molecule has 2 heteroatoms. The van der Waals surface area contributed by atoms with Crippen LogP contribution in [0.15, 0.2) is 24.3 Å². The van der Waals surface area contributed by atoms with Crippen LogP contribution in [0.3, 0.4) is 0 Å².